The molecular weight excluding hydrogens is 340 g/mol. The van der Waals surface area contributed by atoms with Gasteiger partial charge in [0.05, 0.1) is 6.21 Å². The standard InChI is InChI=1S/C22H42N2O3/c1-2-3-4-5-6-7-8-9-10-11-12-13-14-15-16-17-22(18-21(26)27)23-19-20(25)24-22/h19,21,26-27H,2-18H2,1H3,(H,24,25). The van der Waals surface area contributed by atoms with E-state index < -0.39 is 12.0 Å². The van der Waals surface area contributed by atoms with Gasteiger partial charge in [-0.15, -0.1) is 0 Å². The van der Waals surface area contributed by atoms with Crippen LogP contribution in [0.5, 0.6) is 0 Å². The number of aliphatic hydroxyl groups excluding tert-OH is 1. The molecule has 0 spiro atoms. The van der Waals surface area contributed by atoms with Gasteiger partial charge in [0.2, 0.25) is 0 Å². The predicted molar refractivity (Wildman–Crippen MR) is 112 cm³/mol. The summed E-state index contributed by atoms with van der Waals surface area (Å²) in [4.78, 5) is 15.6. The number of rotatable bonds is 18. The van der Waals surface area contributed by atoms with Crippen molar-refractivity contribution in [3.63, 3.8) is 0 Å². The average Bonchev–Trinajstić information content (AvgIpc) is 2.98. The Morgan fingerprint density at radius 3 is 1.67 bits per heavy atom. The molecule has 1 heterocycles. The minimum atomic E-state index is -1.45. The molecule has 3 N–H and O–H groups in total. The molecule has 5 nitrogen and oxygen atoms in total. The van der Waals surface area contributed by atoms with Crippen molar-refractivity contribution in [2.45, 2.75) is 128 Å². The molecule has 0 aromatic rings. The van der Waals surface area contributed by atoms with Crippen molar-refractivity contribution in [3.05, 3.63) is 0 Å². The number of aliphatic hydroxyl groups is 2. The fraction of sp³-hybridized carbons (Fsp3) is 0.909. The van der Waals surface area contributed by atoms with Gasteiger partial charge in [-0.2, -0.15) is 0 Å². The molecule has 1 aliphatic heterocycles. The molecule has 0 radical (unpaired) electrons. The SMILES string of the molecule is CCCCCCCCCCCCCCCCCC1(CC(O)O)N=CC(=O)N1. The number of amides is 1. The molecule has 1 rings (SSSR count). The van der Waals surface area contributed by atoms with Gasteiger partial charge in [0, 0.05) is 6.42 Å². The lowest BCUT2D eigenvalue weighted by atomic mass is 9.97. The van der Waals surface area contributed by atoms with Crippen molar-refractivity contribution in [2.24, 2.45) is 4.99 Å². The second-order valence-corrected chi connectivity index (χ2v) is 8.16. The first kappa shape index (κ1) is 24.1. The highest BCUT2D eigenvalue weighted by Crippen LogP contribution is 2.25. The molecule has 0 saturated carbocycles. The molecule has 0 aromatic heterocycles. The Morgan fingerprint density at radius 1 is 0.852 bits per heavy atom. The van der Waals surface area contributed by atoms with Gasteiger partial charge >= 0.3 is 0 Å². The average molecular weight is 383 g/mol. The van der Waals surface area contributed by atoms with E-state index in [9.17, 15) is 15.0 Å². The number of hydrogen-bond acceptors (Lipinski definition) is 4. The van der Waals surface area contributed by atoms with Crippen molar-refractivity contribution in [2.75, 3.05) is 0 Å². The smallest absolute Gasteiger partial charge is 0.263 e. The second kappa shape index (κ2) is 15.0. The Morgan fingerprint density at radius 2 is 1.30 bits per heavy atom. The van der Waals surface area contributed by atoms with Crippen molar-refractivity contribution in [1.29, 1.82) is 0 Å². The molecule has 1 unspecified atom stereocenters. The van der Waals surface area contributed by atoms with Crippen LogP contribution < -0.4 is 5.32 Å². The number of unbranched alkanes of at least 4 members (excludes halogenated alkanes) is 14. The lowest BCUT2D eigenvalue weighted by molar-refractivity contribution is -0.116. The minimum absolute atomic E-state index is 0.0633. The fourth-order valence-electron chi connectivity index (χ4n) is 3.90. The molecule has 0 saturated heterocycles. The van der Waals surface area contributed by atoms with Gasteiger partial charge in [0.25, 0.3) is 5.91 Å². The summed E-state index contributed by atoms with van der Waals surface area (Å²) in [5, 5.41) is 21.2. The molecular formula is C22H42N2O3. The van der Waals surface area contributed by atoms with Crippen LogP contribution in [-0.4, -0.2) is 34.3 Å². The molecule has 1 aliphatic rings. The Labute approximate surface area is 166 Å². The van der Waals surface area contributed by atoms with E-state index >= 15 is 0 Å². The van der Waals surface area contributed by atoms with Crippen molar-refractivity contribution >= 4 is 12.1 Å². The van der Waals surface area contributed by atoms with E-state index in [0.29, 0.717) is 6.42 Å². The number of aliphatic imine (C=N–C) groups is 1. The van der Waals surface area contributed by atoms with Crippen LogP contribution >= 0.6 is 0 Å². The first-order valence-electron chi connectivity index (χ1n) is 11.3. The maximum Gasteiger partial charge on any atom is 0.263 e. The number of carbonyl (C=O) groups is 1. The monoisotopic (exact) mass is 382 g/mol. The first-order chi connectivity index (χ1) is 13.1. The highest BCUT2D eigenvalue weighted by Gasteiger charge is 2.35. The highest BCUT2D eigenvalue weighted by atomic mass is 16.5. The van der Waals surface area contributed by atoms with Gasteiger partial charge in [-0.05, 0) is 12.8 Å². The van der Waals surface area contributed by atoms with Gasteiger partial charge in [0.1, 0.15) is 5.66 Å². The molecule has 0 aliphatic carbocycles. The molecule has 5 heteroatoms. The predicted octanol–water partition coefficient (Wildman–Crippen LogP) is 4.85. The first-order valence-corrected chi connectivity index (χ1v) is 11.3. The lowest BCUT2D eigenvalue weighted by Crippen LogP contribution is -2.44. The minimum Gasteiger partial charge on any atom is -0.368 e. The number of carbonyl (C=O) groups excluding carboxylic acids is 1. The van der Waals surface area contributed by atoms with E-state index in [1.807, 2.05) is 0 Å². The zero-order valence-corrected chi connectivity index (χ0v) is 17.4. The molecule has 27 heavy (non-hydrogen) atoms. The van der Waals surface area contributed by atoms with Gasteiger partial charge in [-0.25, -0.2) is 0 Å². The summed E-state index contributed by atoms with van der Waals surface area (Å²) in [6.45, 7) is 2.27. The summed E-state index contributed by atoms with van der Waals surface area (Å²) in [5.41, 5.74) is -0.804. The number of hydrogen-bond donors (Lipinski definition) is 3. The van der Waals surface area contributed by atoms with Gasteiger partial charge in [-0.3, -0.25) is 9.79 Å². The number of nitrogens with one attached hydrogen (secondary N) is 1. The van der Waals surface area contributed by atoms with E-state index in [1.54, 1.807) is 0 Å². The molecule has 0 fully saturated rings. The Hall–Kier alpha value is -0.940. The fourth-order valence-corrected chi connectivity index (χ4v) is 3.90. The van der Waals surface area contributed by atoms with Crippen LogP contribution in [0.2, 0.25) is 0 Å². The van der Waals surface area contributed by atoms with Crippen LogP contribution in [0.3, 0.4) is 0 Å². The summed E-state index contributed by atoms with van der Waals surface area (Å²) in [6.07, 6.45) is 20.3. The molecule has 158 valence electrons. The van der Waals surface area contributed by atoms with E-state index in [4.69, 9.17) is 0 Å². The van der Waals surface area contributed by atoms with Gasteiger partial charge in [0.15, 0.2) is 6.29 Å². The van der Waals surface area contributed by atoms with Crippen LogP contribution in [0, 0.1) is 0 Å². The van der Waals surface area contributed by atoms with Crippen LogP contribution in [-0.2, 0) is 4.79 Å². The van der Waals surface area contributed by atoms with Crippen LogP contribution in [0.1, 0.15) is 116 Å². The van der Waals surface area contributed by atoms with Crippen LogP contribution in [0.25, 0.3) is 0 Å². The molecule has 0 bridgehead atoms. The third kappa shape index (κ3) is 12.2. The van der Waals surface area contributed by atoms with Crippen molar-refractivity contribution in [1.82, 2.24) is 5.32 Å². The Kier molecular flexibility index (Phi) is 13.4. The van der Waals surface area contributed by atoms with Crippen molar-refractivity contribution in [3.8, 4) is 0 Å². The number of nitrogens with zero attached hydrogens (tertiary/aromatic N) is 1. The summed E-state index contributed by atoms with van der Waals surface area (Å²) in [5.74, 6) is -0.239. The molecule has 0 aromatic carbocycles. The topological polar surface area (TPSA) is 81.9 Å². The summed E-state index contributed by atoms with van der Waals surface area (Å²) in [6, 6.07) is 0. The zero-order valence-electron chi connectivity index (χ0n) is 17.4. The normalized spacial score (nSPS) is 19.2. The van der Waals surface area contributed by atoms with E-state index in [-0.39, 0.29) is 12.3 Å². The van der Waals surface area contributed by atoms with E-state index in [1.165, 1.54) is 89.7 Å². The Bertz CT molecular complexity index is 412. The second-order valence-electron chi connectivity index (χ2n) is 8.16. The zero-order chi connectivity index (χ0) is 19.8. The lowest BCUT2D eigenvalue weighted by Gasteiger charge is -2.27. The van der Waals surface area contributed by atoms with Crippen LogP contribution in [0.15, 0.2) is 4.99 Å². The summed E-state index contributed by atoms with van der Waals surface area (Å²) >= 11 is 0. The van der Waals surface area contributed by atoms with Crippen LogP contribution in [0.4, 0.5) is 0 Å². The van der Waals surface area contributed by atoms with E-state index in [2.05, 4.69) is 17.2 Å². The highest BCUT2D eigenvalue weighted by molar-refractivity contribution is 6.28. The summed E-state index contributed by atoms with van der Waals surface area (Å²) in [7, 11) is 0. The quantitative estimate of drug-likeness (QED) is 0.234. The van der Waals surface area contributed by atoms with Gasteiger partial charge in [-0.1, -0.05) is 96.8 Å². The third-order valence-corrected chi connectivity index (χ3v) is 5.50. The van der Waals surface area contributed by atoms with Gasteiger partial charge < -0.3 is 15.5 Å². The maximum absolute atomic E-state index is 11.4. The van der Waals surface area contributed by atoms with E-state index in [0.717, 1.165) is 12.8 Å². The van der Waals surface area contributed by atoms with Crippen molar-refractivity contribution < 1.29 is 15.0 Å². The molecule has 1 amide bonds. The Balaban J connectivity index is 1.90. The maximum atomic E-state index is 11.4. The third-order valence-electron chi connectivity index (χ3n) is 5.50. The molecule has 1 atom stereocenters. The summed E-state index contributed by atoms with van der Waals surface area (Å²) < 4.78 is 0. The largest absolute Gasteiger partial charge is 0.368 e.